The number of aryl methyl sites for hydroxylation is 2. The molecule has 0 atom stereocenters. The molecule has 1 aliphatic heterocycles. The summed E-state index contributed by atoms with van der Waals surface area (Å²) in [6.45, 7) is 4.97. The Bertz CT molecular complexity index is 893. The fraction of sp³-hybridized carbons (Fsp3) is 0.412. The molecule has 0 bridgehead atoms. The van der Waals surface area contributed by atoms with Gasteiger partial charge >= 0.3 is 0 Å². The Kier molecular flexibility index (Phi) is 5.19. The van der Waals surface area contributed by atoms with E-state index in [1.807, 2.05) is 19.9 Å². The predicted octanol–water partition coefficient (Wildman–Crippen LogP) is 2.32. The Balaban J connectivity index is 1.66. The van der Waals surface area contributed by atoms with Crippen molar-refractivity contribution in [2.45, 2.75) is 37.6 Å². The van der Waals surface area contributed by atoms with E-state index in [4.69, 9.17) is 0 Å². The first-order valence-corrected chi connectivity index (χ1v) is 9.77. The fourth-order valence-electron chi connectivity index (χ4n) is 3.06. The molecule has 2 heterocycles. The molecule has 140 valence electrons. The maximum atomic E-state index is 13.8. The topological polar surface area (TPSA) is 75.2 Å². The molecule has 0 spiro atoms. The van der Waals surface area contributed by atoms with E-state index in [1.165, 1.54) is 0 Å². The standard InChI is InChI=1S/C17H20F2N4O2S/c1-11-9-17(21-12(2)20-11)23-7-5-14(6-8-23)22-26(24,25)16-4-3-13(18)10-15(16)19/h3-4,9-10,14,22H,5-8H2,1-2H3. The molecule has 0 saturated carbocycles. The summed E-state index contributed by atoms with van der Waals surface area (Å²) >= 11 is 0. The van der Waals surface area contributed by atoms with Crippen LogP contribution in [0.3, 0.4) is 0 Å². The zero-order valence-corrected chi connectivity index (χ0v) is 15.4. The highest BCUT2D eigenvalue weighted by molar-refractivity contribution is 7.89. The number of piperidine rings is 1. The summed E-state index contributed by atoms with van der Waals surface area (Å²) in [7, 11) is -4.04. The minimum atomic E-state index is -4.04. The molecular weight excluding hydrogens is 362 g/mol. The van der Waals surface area contributed by atoms with Crippen molar-refractivity contribution in [1.82, 2.24) is 14.7 Å². The molecule has 1 fully saturated rings. The molecule has 1 N–H and O–H groups in total. The second-order valence-electron chi connectivity index (χ2n) is 6.37. The third-order valence-electron chi connectivity index (χ3n) is 4.28. The summed E-state index contributed by atoms with van der Waals surface area (Å²) in [5, 5.41) is 0. The highest BCUT2D eigenvalue weighted by Gasteiger charge is 2.27. The first-order valence-electron chi connectivity index (χ1n) is 8.29. The normalized spacial score (nSPS) is 16.1. The van der Waals surface area contributed by atoms with Gasteiger partial charge in [-0.25, -0.2) is 31.9 Å². The van der Waals surface area contributed by atoms with Crippen LogP contribution in [-0.4, -0.2) is 37.5 Å². The Hall–Kier alpha value is -2.13. The van der Waals surface area contributed by atoms with Crippen LogP contribution in [0.25, 0.3) is 0 Å². The summed E-state index contributed by atoms with van der Waals surface area (Å²) < 4.78 is 54.0. The summed E-state index contributed by atoms with van der Waals surface area (Å²) in [5.41, 5.74) is 0.877. The van der Waals surface area contributed by atoms with Crippen molar-refractivity contribution >= 4 is 15.8 Å². The van der Waals surface area contributed by atoms with Crippen molar-refractivity contribution in [1.29, 1.82) is 0 Å². The zero-order valence-electron chi connectivity index (χ0n) is 14.5. The van der Waals surface area contributed by atoms with Gasteiger partial charge in [-0.1, -0.05) is 0 Å². The van der Waals surface area contributed by atoms with E-state index in [9.17, 15) is 17.2 Å². The highest BCUT2D eigenvalue weighted by Crippen LogP contribution is 2.21. The molecule has 0 unspecified atom stereocenters. The third-order valence-corrected chi connectivity index (χ3v) is 5.83. The van der Waals surface area contributed by atoms with Crippen LogP contribution in [0.2, 0.25) is 0 Å². The van der Waals surface area contributed by atoms with Crippen LogP contribution in [-0.2, 0) is 10.0 Å². The fourth-order valence-corrected chi connectivity index (χ4v) is 4.43. The number of sulfonamides is 1. The molecular formula is C17H20F2N4O2S. The zero-order chi connectivity index (χ0) is 18.9. The monoisotopic (exact) mass is 382 g/mol. The largest absolute Gasteiger partial charge is 0.356 e. The van der Waals surface area contributed by atoms with Gasteiger partial charge in [0.1, 0.15) is 28.2 Å². The van der Waals surface area contributed by atoms with E-state index in [1.54, 1.807) is 0 Å². The number of halogens is 2. The lowest BCUT2D eigenvalue weighted by atomic mass is 10.1. The van der Waals surface area contributed by atoms with Gasteiger partial charge in [0.15, 0.2) is 0 Å². The van der Waals surface area contributed by atoms with E-state index < -0.39 is 26.6 Å². The molecule has 6 nitrogen and oxygen atoms in total. The molecule has 1 aromatic heterocycles. The van der Waals surface area contributed by atoms with E-state index in [0.29, 0.717) is 37.8 Å². The van der Waals surface area contributed by atoms with Crippen molar-refractivity contribution in [3.05, 3.63) is 47.4 Å². The number of nitrogens with one attached hydrogen (secondary N) is 1. The van der Waals surface area contributed by atoms with E-state index >= 15 is 0 Å². The van der Waals surface area contributed by atoms with Crippen molar-refractivity contribution < 1.29 is 17.2 Å². The Labute approximate surface area is 151 Å². The van der Waals surface area contributed by atoms with Crippen molar-refractivity contribution in [3.63, 3.8) is 0 Å². The van der Waals surface area contributed by atoms with Gasteiger partial charge in [-0.05, 0) is 38.8 Å². The number of nitrogens with zero attached hydrogens (tertiary/aromatic N) is 3. The van der Waals surface area contributed by atoms with Crippen LogP contribution >= 0.6 is 0 Å². The number of hydrogen-bond donors (Lipinski definition) is 1. The smallest absolute Gasteiger partial charge is 0.243 e. The number of rotatable bonds is 4. The number of hydrogen-bond acceptors (Lipinski definition) is 5. The van der Waals surface area contributed by atoms with Crippen LogP contribution in [0.5, 0.6) is 0 Å². The maximum absolute atomic E-state index is 13.8. The van der Waals surface area contributed by atoms with Crippen molar-refractivity contribution in [2.75, 3.05) is 18.0 Å². The van der Waals surface area contributed by atoms with Crippen molar-refractivity contribution in [3.8, 4) is 0 Å². The molecule has 3 rings (SSSR count). The molecule has 1 aromatic carbocycles. The second kappa shape index (κ2) is 7.24. The number of aromatic nitrogens is 2. The highest BCUT2D eigenvalue weighted by atomic mass is 32.2. The van der Waals surface area contributed by atoms with E-state index in [-0.39, 0.29) is 6.04 Å². The van der Waals surface area contributed by atoms with Crippen LogP contribution < -0.4 is 9.62 Å². The minimum absolute atomic E-state index is 0.315. The summed E-state index contributed by atoms with van der Waals surface area (Å²) in [5.74, 6) is -0.400. The van der Waals surface area contributed by atoms with Crippen LogP contribution in [0.15, 0.2) is 29.2 Å². The van der Waals surface area contributed by atoms with Gasteiger partial charge in [0, 0.05) is 37.0 Å². The lowest BCUT2D eigenvalue weighted by Gasteiger charge is -2.33. The van der Waals surface area contributed by atoms with Crippen molar-refractivity contribution in [2.24, 2.45) is 0 Å². The van der Waals surface area contributed by atoms with Crippen LogP contribution in [0.4, 0.5) is 14.6 Å². The predicted molar refractivity (Wildman–Crippen MR) is 93.4 cm³/mol. The first kappa shape index (κ1) is 18.7. The van der Waals surface area contributed by atoms with Gasteiger partial charge in [-0.3, -0.25) is 0 Å². The minimum Gasteiger partial charge on any atom is -0.356 e. The lowest BCUT2D eigenvalue weighted by Crippen LogP contribution is -2.45. The Morgan fingerprint density at radius 1 is 1.12 bits per heavy atom. The molecule has 0 aliphatic carbocycles. The molecule has 1 saturated heterocycles. The molecule has 1 aliphatic rings. The van der Waals surface area contributed by atoms with Gasteiger partial charge in [0.25, 0.3) is 0 Å². The summed E-state index contributed by atoms with van der Waals surface area (Å²) in [6.07, 6.45) is 1.12. The van der Waals surface area contributed by atoms with Gasteiger partial charge in [-0.15, -0.1) is 0 Å². The quantitative estimate of drug-likeness (QED) is 0.878. The molecule has 9 heteroatoms. The van der Waals surface area contributed by atoms with Crippen LogP contribution in [0.1, 0.15) is 24.4 Å². The molecule has 0 amide bonds. The molecule has 26 heavy (non-hydrogen) atoms. The van der Waals surface area contributed by atoms with E-state index in [2.05, 4.69) is 19.6 Å². The SMILES string of the molecule is Cc1cc(N2CCC(NS(=O)(=O)c3ccc(F)cc3F)CC2)nc(C)n1. The average Bonchev–Trinajstić information content (AvgIpc) is 2.53. The van der Waals surface area contributed by atoms with E-state index in [0.717, 1.165) is 23.6 Å². The Morgan fingerprint density at radius 3 is 2.42 bits per heavy atom. The summed E-state index contributed by atoms with van der Waals surface area (Å²) in [6, 6.07) is 4.02. The lowest BCUT2D eigenvalue weighted by molar-refractivity contribution is 0.455. The number of benzene rings is 1. The third kappa shape index (κ3) is 4.16. The van der Waals surface area contributed by atoms with Gasteiger partial charge in [-0.2, -0.15) is 0 Å². The molecule has 0 radical (unpaired) electrons. The van der Waals surface area contributed by atoms with Gasteiger partial charge < -0.3 is 4.90 Å². The van der Waals surface area contributed by atoms with Crippen LogP contribution in [0, 0.1) is 25.5 Å². The number of anilines is 1. The Morgan fingerprint density at radius 2 is 1.81 bits per heavy atom. The summed E-state index contributed by atoms with van der Waals surface area (Å²) in [4.78, 5) is 10.2. The second-order valence-corrected chi connectivity index (χ2v) is 8.05. The van der Waals surface area contributed by atoms with Gasteiger partial charge in [0.2, 0.25) is 10.0 Å². The average molecular weight is 382 g/mol. The maximum Gasteiger partial charge on any atom is 0.243 e. The molecule has 2 aromatic rings. The van der Waals surface area contributed by atoms with Gasteiger partial charge in [0.05, 0.1) is 0 Å². The first-order chi connectivity index (χ1) is 12.2.